The van der Waals surface area contributed by atoms with Crippen LogP contribution in [0.1, 0.15) is 30.1 Å². The average molecular weight is 209 g/mol. The molecule has 2 heteroatoms. The molecule has 0 aliphatic rings. The molecule has 0 aromatic heterocycles. The topological polar surface area (TPSA) is 20.2 Å². The van der Waals surface area contributed by atoms with Crippen LogP contribution in [0.25, 0.3) is 0 Å². The van der Waals surface area contributed by atoms with Crippen LogP contribution < -0.4 is 0 Å². The summed E-state index contributed by atoms with van der Waals surface area (Å²) >= 11 is 5.88. The SMILES string of the molecule is C#CCCC(O)c1ccc(Cl)c(C)c1. The molecule has 0 bridgehead atoms. The maximum atomic E-state index is 9.73. The van der Waals surface area contributed by atoms with Crippen molar-refractivity contribution in [3.63, 3.8) is 0 Å². The van der Waals surface area contributed by atoms with E-state index in [1.165, 1.54) is 0 Å². The van der Waals surface area contributed by atoms with Gasteiger partial charge in [0.25, 0.3) is 0 Å². The first-order valence-corrected chi connectivity index (χ1v) is 4.90. The van der Waals surface area contributed by atoms with Gasteiger partial charge in [0.05, 0.1) is 6.10 Å². The van der Waals surface area contributed by atoms with Crippen LogP contribution in [0.2, 0.25) is 5.02 Å². The van der Waals surface area contributed by atoms with E-state index in [1.807, 2.05) is 19.1 Å². The minimum absolute atomic E-state index is 0.484. The minimum atomic E-state index is -0.484. The van der Waals surface area contributed by atoms with Crippen molar-refractivity contribution < 1.29 is 5.11 Å². The standard InChI is InChI=1S/C12H13ClO/c1-3-4-5-12(14)10-6-7-11(13)9(2)8-10/h1,6-8,12,14H,4-5H2,2H3. The molecule has 0 fully saturated rings. The predicted octanol–water partition coefficient (Wildman–Crippen LogP) is 3.10. The van der Waals surface area contributed by atoms with Crippen molar-refractivity contribution in [2.24, 2.45) is 0 Å². The van der Waals surface area contributed by atoms with Crippen LogP contribution in [0.3, 0.4) is 0 Å². The van der Waals surface area contributed by atoms with Gasteiger partial charge in [-0.15, -0.1) is 12.3 Å². The van der Waals surface area contributed by atoms with Gasteiger partial charge in [0.2, 0.25) is 0 Å². The first-order chi connectivity index (χ1) is 6.65. The van der Waals surface area contributed by atoms with Crippen molar-refractivity contribution >= 4 is 11.6 Å². The van der Waals surface area contributed by atoms with Crippen LogP contribution in [-0.2, 0) is 0 Å². The second-order valence-electron chi connectivity index (χ2n) is 3.27. The molecule has 1 rings (SSSR count). The predicted molar refractivity (Wildman–Crippen MR) is 59.2 cm³/mol. The van der Waals surface area contributed by atoms with E-state index in [1.54, 1.807) is 6.07 Å². The maximum Gasteiger partial charge on any atom is 0.0799 e. The van der Waals surface area contributed by atoms with Gasteiger partial charge in [0.1, 0.15) is 0 Å². The van der Waals surface area contributed by atoms with Crippen LogP contribution in [0.5, 0.6) is 0 Å². The van der Waals surface area contributed by atoms with Crippen LogP contribution in [0.4, 0.5) is 0 Å². The molecule has 1 nitrogen and oxygen atoms in total. The lowest BCUT2D eigenvalue weighted by molar-refractivity contribution is 0.169. The molecule has 0 saturated carbocycles. The Morgan fingerprint density at radius 3 is 2.86 bits per heavy atom. The van der Waals surface area contributed by atoms with E-state index < -0.39 is 6.10 Å². The highest BCUT2D eigenvalue weighted by Crippen LogP contribution is 2.23. The highest BCUT2D eigenvalue weighted by Gasteiger charge is 2.07. The molecular formula is C12H13ClO. The molecule has 0 radical (unpaired) electrons. The van der Waals surface area contributed by atoms with Gasteiger partial charge in [0, 0.05) is 11.4 Å². The number of halogens is 1. The smallest absolute Gasteiger partial charge is 0.0799 e. The molecule has 0 spiro atoms. The fourth-order valence-electron chi connectivity index (χ4n) is 1.26. The Morgan fingerprint density at radius 1 is 1.57 bits per heavy atom. The van der Waals surface area contributed by atoms with Gasteiger partial charge in [-0.05, 0) is 30.5 Å². The summed E-state index contributed by atoms with van der Waals surface area (Å²) in [6, 6.07) is 5.52. The summed E-state index contributed by atoms with van der Waals surface area (Å²) in [5.41, 5.74) is 1.85. The third-order valence-electron chi connectivity index (χ3n) is 2.13. The number of rotatable bonds is 3. The lowest BCUT2D eigenvalue weighted by Crippen LogP contribution is -1.97. The van der Waals surface area contributed by atoms with E-state index in [4.69, 9.17) is 18.0 Å². The lowest BCUT2D eigenvalue weighted by Gasteiger charge is -2.10. The summed E-state index contributed by atoms with van der Waals surface area (Å²) < 4.78 is 0. The maximum absolute atomic E-state index is 9.73. The monoisotopic (exact) mass is 208 g/mol. The van der Waals surface area contributed by atoms with Gasteiger partial charge in [-0.25, -0.2) is 0 Å². The Bertz CT molecular complexity index is 352. The van der Waals surface area contributed by atoms with Crippen LogP contribution in [0.15, 0.2) is 18.2 Å². The zero-order valence-corrected chi connectivity index (χ0v) is 8.88. The molecule has 0 aliphatic heterocycles. The number of aryl methyl sites for hydroxylation is 1. The normalized spacial score (nSPS) is 12.1. The van der Waals surface area contributed by atoms with Crippen molar-refractivity contribution in [2.75, 3.05) is 0 Å². The number of terminal acetylenes is 1. The summed E-state index contributed by atoms with van der Waals surface area (Å²) in [7, 11) is 0. The Kier molecular flexibility index (Phi) is 4.00. The number of aliphatic hydroxyl groups excluding tert-OH is 1. The molecule has 1 atom stereocenters. The summed E-state index contributed by atoms with van der Waals surface area (Å²) in [5.74, 6) is 2.51. The van der Waals surface area contributed by atoms with E-state index in [0.29, 0.717) is 12.8 Å². The van der Waals surface area contributed by atoms with Crippen molar-refractivity contribution in [3.05, 3.63) is 34.3 Å². The van der Waals surface area contributed by atoms with Gasteiger partial charge in [0.15, 0.2) is 0 Å². The van der Waals surface area contributed by atoms with Gasteiger partial charge in [-0.2, -0.15) is 0 Å². The van der Waals surface area contributed by atoms with Crippen LogP contribution in [-0.4, -0.2) is 5.11 Å². The van der Waals surface area contributed by atoms with Crippen molar-refractivity contribution in [3.8, 4) is 12.3 Å². The zero-order chi connectivity index (χ0) is 10.6. The van der Waals surface area contributed by atoms with E-state index in [9.17, 15) is 5.11 Å². The second kappa shape index (κ2) is 5.05. The largest absolute Gasteiger partial charge is 0.388 e. The number of aliphatic hydroxyl groups is 1. The number of hydrogen-bond acceptors (Lipinski definition) is 1. The fourth-order valence-corrected chi connectivity index (χ4v) is 1.38. The quantitative estimate of drug-likeness (QED) is 0.757. The van der Waals surface area contributed by atoms with Crippen molar-refractivity contribution in [1.82, 2.24) is 0 Å². The number of hydrogen-bond donors (Lipinski definition) is 1. The highest BCUT2D eigenvalue weighted by molar-refractivity contribution is 6.31. The van der Waals surface area contributed by atoms with E-state index >= 15 is 0 Å². The molecule has 1 unspecified atom stereocenters. The Hall–Kier alpha value is -0.970. The summed E-state index contributed by atoms with van der Waals surface area (Å²) in [6.07, 6.45) is 5.82. The highest BCUT2D eigenvalue weighted by atomic mass is 35.5. The molecule has 1 N–H and O–H groups in total. The van der Waals surface area contributed by atoms with Gasteiger partial charge >= 0.3 is 0 Å². The molecule has 0 heterocycles. The van der Waals surface area contributed by atoms with Gasteiger partial charge in [-0.1, -0.05) is 23.7 Å². The molecule has 0 amide bonds. The van der Waals surface area contributed by atoms with E-state index in [2.05, 4.69) is 5.92 Å². The molecule has 0 aliphatic carbocycles. The van der Waals surface area contributed by atoms with Crippen LogP contribution >= 0.6 is 11.6 Å². The van der Waals surface area contributed by atoms with Crippen molar-refractivity contribution in [1.29, 1.82) is 0 Å². The average Bonchev–Trinajstić information content (AvgIpc) is 2.18. The summed E-state index contributed by atoms with van der Waals surface area (Å²) in [6.45, 7) is 1.92. The molecule has 74 valence electrons. The first kappa shape index (κ1) is 11.1. The first-order valence-electron chi connectivity index (χ1n) is 4.52. The zero-order valence-electron chi connectivity index (χ0n) is 8.13. The molecular weight excluding hydrogens is 196 g/mol. The summed E-state index contributed by atoms with van der Waals surface area (Å²) in [5, 5.41) is 10.4. The Balaban J connectivity index is 2.76. The third kappa shape index (κ3) is 2.77. The van der Waals surface area contributed by atoms with Gasteiger partial charge in [-0.3, -0.25) is 0 Å². The number of benzene rings is 1. The van der Waals surface area contributed by atoms with E-state index in [0.717, 1.165) is 16.1 Å². The Morgan fingerprint density at radius 2 is 2.29 bits per heavy atom. The van der Waals surface area contributed by atoms with Crippen LogP contribution in [0, 0.1) is 19.3 Å². The van der Waals surface area contributed by atoms with E-state index in [-0.39, 0.29) is 0 Å². The van der Waals surface area contributed by atoms with Gasteiger partial charge < -0.3 is 5.11 Å². The molecule has 1 aromatic carbocycles. The summed E-state index contributed by atoms with van der Waals surface area (Å²) in [4.78, 5) is 0. The second-order valence-corrected chi connectivity index (χ2v) is 3.67. The third-order valence-corrected chi connectivity index (χ3v) is 2.55. The molecule has 1 aromatic rings. The Labute approximate surface area is 89.7 Å². The molecule has 0 saturated heterocycles. The lowest BCUT2D eigenvalue weighted by atomic mass is 10.0. The molecule has 14 heavy (non-hydrogen) atoms. The van der Waals surface area contributed by atoms with Crippen molar-refractivity contribution in [2.45, 2.75) is 25.9 Å². The fraction of sp³-hybridized carbons (Fsp3) is 0.333. The minimum Gasteiger partial charge on any atom is -0.388 e.